The van der Waals surface area contributed by atoms with Gasteiger partial charge in [0.15, 0.2) is 0 Å². The number of carboxylic acids is 1. The van der Waals surface area contributed by atoms with Crippen LogP contribution in [0.15, 0.2) is 17.5 Å². The molecule has 6 heteroatoms. The number of rotatable bonds is 3. The summed E-state index contributed by atoms with van der Waals surface area (Å²) in [7, 11) is 0. The zero-order chi connectivity index (χ0) is 11.5. The maximum absolute atomic E-state index is 11.6. The van der Waals surface area contributed by atoms with Crippen LogP contribution in [-0.2, 0) is 9.53 Å². The maximum Gasteiger partial charge on any atom is 0.348 e. The van der Waals surface area contributed by atoms with Crippen molar-refractivity contribution in [2.24, 2.45) is 0 Å². The Morgan fingerprint density at radius 1 is 1.56 bits per heavy atom. The highest BCUT2D eigenvalue weighted by atomic mass is 32.1. The SMILES string of the molecule is O=C(OC1CNC(C(=O)O)C1)c1cccs1. The van der Waals surface area contributed by atoms with Crippen molar-refractivity contribution in [3.63, 3.8) is 0 Å². The lowest BCUT2D eigenvalue weighted by Gasteiger charge is -2.09. The van der Waals surface area contributed by atoms with Crippen molar-refractivity contribution in [3.05, 3.63) is 22.4 Å². The Hall–Kier alpha value is -1.40. The van der Waals surface area contributed by atoms with Crippen molar-refractivity contribution >= 4 is 23.3 Å². The molecule has 0 amide bonds. The standard InChI is InChI=1S/C10H11NO4S/c12-9(13)7-4-6(5-11-7)15-10(14)8-2-1-3-16-8/h1-3,6-7,11H,4-5H2,(H,12,13). The van der Waals surface area contributed by atoms with Crippen molar-refractivity contribution in [1.82, 2.24) is 5.32 Å². The van der Waals surface area contributed by atoms with Gasteiger partial charge in [0.1, 0.15) is 17.0 Å². The maximum atomic E-state index is 11.6. The van der Waals surface area contributed by atoms with Crippen LogP contribution >= 0.6 is 11.3 Å². The molecular formula is C10H11NO4S. The molecule has 1 aliphatic heterocycles. The van der Waals surface area contributed by atoms with Gasteiger partial charge >= 0.3 is 11.9 Å². The van der Waals surface area contributed by atoms with E-state index in [0.29, 0.717) is 17.8 Å². The third-order valence-electron chi connectivity index (χ3n) is 2.38. The summed E-state index contributed by atoms with van der Waals surface area (Å²) >= 11 is 1.31. The molecule has 5 nitrogen and oxygen atoms in total. The smallest absolute Gasteiger partial charge is 0.348 e. The molecule has 86 valence electrons. The highest BCUT2D eigenvalue weighted by Gasteiger charge is 2.31. The number of hydrogen-bond donors (Lipinski definition) is 2. The van der Waals surface area contributed by atoms with Gasteiger partial charge in [0.05, 0.1) is 0 Å². The quantitative estimate of drug-likeness (QED) is 0.763. The van der Waals surface area contributed by atoms with Gasteiger partial charge in [0.2, 0.25) is 0 Å². The van der Waals surface area contributed by atoms with Gasteiger partial charge in [-0.2, -0.15) is 0 Å². The van der Waals surface area contributed by atoms with E-state index in [1.54, 1.807) is 17.5 Å². The monoisotopic (exact) mass is 241 g/mol. The van der Waals surface area contributed by atoms with Crippen LogP contribution in [0.5, 0.6) is 0 Å². The van der Waals surface area contributed by atoms with E-state index in [1.165, 1.54) is 11.3 Å². The first-order valence-electron chi connectivity index (χ1n) is 4.87. The first kappa shape index (κ1) is 11.1. The molecule has 2 heterocycles. The molecule has 1 fully saturated rings. The van der Waals surface area contributed by atoms with Crippen molar-refractivity contribution < 1.29 is 19.4 Å². The zero-order valence-electron chi connectivity index (χ0n) is 8.38. The largest absolute Gasteiger partial charge is 0.480 e. The number of aliphatic carboxylic acids is 1. The lowest BCUT2D eigenvalue weighted by molar-refractivity contribution is -0.139. The zero-order valence-corrected chi connectivity index (χ0v) is 9.20. The molecule has 1 aliphatic rings. The van der Waals surface area contributed by atoms with Crippen LogP contribution in [0, 0.1) is 0 Å². The number of ether oxygens (including phenoxy) is 1. The molecule has 0 saturated carbocycles. The van der Waals surface area contributed by atoms with Crippen molar-refractivity contribution in [2.45, 2.75) is 18.6 Å². The Bertz CT molecular complexity index is 390. The number of carbonyl (C=O) groups excluding carboxylic acids is 1. The molecule has 0 spiro atoms. The molecule has 16 heavy (non-hydrogen) atoms. The van der Waals surface area contributed by atoms with Gasteiger partial charge < -0.3 is 15.2 Å². The molecule has 0 radical (unpaired) electrons. The first-order valence-corrected chi connectivity index (χ1v) is 5.75. The number of carboxylic acid groups (broad SMARTS) is 1. The van der Waals surface area contributed by atoms with Crippen LogP contribution in [-0.4, -0.2) is 35.7 Å². The molecule has 1 aromatic heterocycles. The summed E-state index contributed by atoms with van der Waals surface area (Å²) in [6.07, 6.45) is -0.0254. The summed E-state index contributed by atoms with van der Waals surface area (Å²) in [5, 5.41) is 13.3. The molecule has 2 unspecified atom stereocenters. The highest BCUT2D eigenvalue weighted by molar-refractivity contribution is 7.11. The molecule has 2 N–H and O–H groups in total. The van der Waals surface area contributed by atoms with Gasteiger partial charge in [-0.15, -0.1) is 11.3 Å². The van der Waals surface area contributed by atoms with Gasteiger partial charge in [-0.25, -0.2) is 4.79 Å². The average molecular weight is 241 g/mol. The lowest BCUT2D eigenvalue weighted by atomic mass is 10.2. The number of carbonyl (C=O) groups is 2. The van der Waals surface area contributed by atoms with Crippen LogP contribution < -0.4 is 5.32 Å². The van der Waals surface area contributed by atoms with Gasteiger partial charge in [-0.05, 0) is 11.4 Å². The number of thiophene rings is 1. The van der Waals surface area contributed by atoms with Gasteiger partial charge in [0.25, 0.3) is 0 Å². The van der Waals surface area contributed by atoms with E-state index >= 15 is 0 Å². The minimum atomic E-state index is -0.908. The molecule has 0 bridgehead atoms. The predicted octanol–water partition coefficient (Wildman–Crippen LogP) is 0.720. The Morgan fingerprint density at radius 3 is 2.94 bits per heavy atom. The second-order valence-corrected chi connectivity index (χ2v) is 4.49. The van der Waals surface area contributed by atoms with E-state index in [9.17, 15) is 9.59 Å². The van der Waals surface area contributed by atoms with Gasteiger partial charge in [0, 0.05) is 13.0 Å². The normalized spacial score (nSPS) is 24.2. The summed E-state index contributed by atoms with van der Waals surface area (Å²) in [6.45, 7) is 0.397. The van der Waals surface area contributed by atoms with E-state index in [4.69, 9.17) is 9.84 Å². The Kier molecular flexibility index (Phi) is 3.21. The van der Waals surface area contributed by atoms with Crippen LogP contribution in [0.3, 0.4) is 0 Å². The van der Waals surface area contributed by atoms with Crippen LogP contribution in [0.2, 0.25) is 0 Å². The second-order valence-electron chi connectivity index (χ2n) is 3.54. The minimum absolute atomic E-state index is 0.326. The third-order valence-corrected chi connectivity index (χ3v) is 3.23. The summed E-state index contributed by atoms with van der Waals surface area (Å²) in [6, 6.07) is 2.85. The first-order chi connectivity index (χ1) is 7.66. The molecule has 2 atom stereocenters. The molecule has 0 aliphatic carbocycles. The summed E-state index contributed by atoms with van der Waals surface area (Å²) in [4.78, 5) is 22.8. The summed E-state index contributed by atoms with van der Waals surface area (Å²) in [5.74, 6) is -1.29. The van der Waals surface area contributed by atoms with Crippen molar-refractivity contribution in [1.29, 1.82) is 0 Å². The minimum Gasteiger partial charge on any atom is -0.480 e. The fourth-order valence-corrected chi connectivity index (χ4v) is 2.19. The number of esters is 1. The molecule has 2 rings (SSSR count). The predicted molar refractivity (Wildman–Crippen MR) is 57.6 cm³/mol. The third kappa shape index (κ3) is 2.40. The van der Waals surface area contributed by atoms with E-state index in [2.05, 4.69) is 5.32 Å². The fourth-order valence-electron chi connectivity index (χ4n) is 1.59. The van der Waals surface area contributed by atoms with Crippen LogP contribution in [0.25, 0.3) is 0 Å². The summed E-state index contributed by atoms with van der Waals surface area (Å²) in [5.41, 5.74) is 0. The van der Waals surface area contributed by atoms with E-state index in [-0.39, 0.29) is 12.1 Å². The number of nitrogens with one attached hydrogen (secondary N) is 1. The van der Waals surface area contributed by atoms with Crippen LogP contribution in [0.1, 0.15) is 16.1 Å². The van der Waals surface area contributed by atoms with E-state index < -0.39 is 12.0 Å². The molecule has 1 saturated heterocycles. The average Bonchev–Trinajstić information content (AvgIpc) is 2.87. The molecule has 1 aromatic rings. The fraction of sp³-hybridized carbons (Fsp3) is 0.400. The summed E-state index contributed by atoms with van der Waals surface area (Å²) < 4.78 is 5.18. The van der Waals surface area contributed by atoms with Crippen LogP contribution in [0.4, 0.5) is 0 Å². The highest BCUT2D eigenvalue weighted by Crippen LogP contribution is 2.15. The van der Waals surface area contributed by atoms with Crippen molar-refractivity contribution in [3.8, 4) is 0 Å². The van der Waals surface area contributed by atoms with E-state index in [0.717, 1.165) is 0 Å². The topological polar surface area (TPSA) is 75.6 Å². The van der Waals surface area contributed by atoms with Gasteiger partial charge in [-0.1, -0.05) is 6.07 Å². The Labute approximate surface area is 96.0 Å². The molecule has 0 aromatic carbocycles. The lowest BCUT2D eigenvalue weighted by Crippen LogP contribution is -2.30. The van der Waals surface area contributed by atoms with Crippen molar-refractivity contribution in [2.75, 3.05) is 6.54 Å². The Morgan fingerprint density at radius 2 is 2.38 bits per heavy atom. The Balaban J connectivity index is 1.88. The number of hydrogen-bond acceptors (Lipinski definition) is 5. The van der Waals surface area contributed by atoms with Gasteiger partial charge in [-0.3, -0.25) is 4.79 Å². The van der Waals surface area contributed by atoms with E-state index in [1.807, 2.05) is 0 Å². The molecular weight excluding hydrogens is 230 g/mol. The second kappa shape index (κ2) is 4.63.